The van der Waals surface area contributed by atoms with Gasteiger partial charge in [-0.25, -0.2) is 0 Å². The average Bonchev–Trinajstić information content (AvgIpc) is 3.13. The largest absolute Gasteiger partial charge is 0.493 e. The lowest BCUT2D eigenvalue weighted by Gasteiger charge is -2.19. The van der Waals surface area contributed by atoms with Gasteiger partial charge in [0, 0.05) is 31.5 Å². The molecule has 38 heavy (non-hydrogen) atoms. The van der Waals surface area contributed by atoms with Gasteiger partial charge in [-0.2, -0.15) is 0 Å². The second-order valence-electron chi connectivity index (χ2n) is 9.50. The van der Waals surface area contributed by atoms with Gasteiger partial charge < -0.3 is 30.2 Å². The standard InChI is InChI=1S/C29H39N3O6/c1-7-17(2)31-26(35)9-8-14-30-23-13-11-20-21(16-24(23)34)22(32-18(3)33)12-10-19-15-25(36-4)28(37-5)29(38-6)27(19)20/h11,13,15-17,22H,7-10,12,14H2,1-6H3,(H,30,34)(H,31,35)(H,32,33). The fourth-order valence-electron chi connectivity index (χ4n) is 4.77. The lowest BCUT2D eigenvalue weighted by Crippen LogP contribution is -2.32. The number of fused-ring (bicyclic) bond motifs is 3. The number of hydrogen-bond acceptors (Lipinski definition) is 7. The van der Waals surface area contributed by atoms with Gasteiger partial charge in [0.15, 0.2) is 11.5 Å². The minimum Gasteiger partial charge on any atom is -0.493 e. The number of nitrogens with one attached hydrogen (secondary N) is 3. The molecule has 3 rings (SSSR count). The van der Waals surface area contributed by atoms with E-state index in [0.29, 0.717) is 60.7 Å². The van der Waals surface area contributed by atoms with E-state index in [0.717, 1.165) is 23.1 Å². The normalized spacial score (nSPS) is 14.7. The fourth-order valence-corrected chi connectivity index (χ4v) is 4.77. The lowest BCUT2D eigenvalue weighted by molar-refractivity contribution is -0.122. The van der Waals surface area contributed by atoms with Gasteiger partial charge in [-0.1, -0.05) is 13.0 Å². The van der Waals surface area contributed by atoms with E-state index in [4.69, 9.17) is 14.2 Å². The topological polar surface area (TPSA) is 115 Å². The van der Waals surface area contributed by atoms with Gasteiger partial charge >= 0.3 is 0 Å². The molecule has 0 saturated heterocycles. The summed E-state index contributed by atoms with van der Waals surface area (Å²) in [5.74, 6) is 1.34. The van der Waals surface area contributed by atoms with Crippen molar-refractivity contribution in [2.75, 3.05) is 33.2 Å². The van der Waals surface area contributed by atoms with Crippen LogP contribution in [-0.2, 0) is 16.0 Å². The quantitative estimate of drug-likeness (QED) is 0.380. The minimum atomic E-state index is -0.367. The summed E-state index contributed by atoms with van der Waals surface area (Å²) < 4.78 is 17.0. The van der Waals surface area contributed by atoms with Crippen molar-refractivity contribution in [3.05, 3.63) is 45.6 Å². The predicted molar refractivity (Wildman–Crippen MR) is 148 cm³/mol. The summed E-state index contributed by atoms with van der Waals surface area (Å²) in [5, 5.41) is 9.15. The number of rotatable bonds is 11. The second kappa shape index (κ2) is 13.2. The number of methoxy groups -OCH3 is 3. The van der Waals surface area contributed by atoms with Gasteiger partial charge in [0.1, 0.15) is 0 Å². The Kier molecular flexibility index (Phi) is 9.98. The van der Waals surface area contributed by atoms with Crippen LogP contribution in [0.3, 0.4) is 0 Å². The maximum Gasteiger partial charge on any atom is 0.220 e. The Labute approximate surface area is 224 Å². The molecule has 9 nitrogen and oxygen atoms in total. The molecule has 0 fully saturated rings. The molecule has 2 aromatic carbocycles. The van der Waals surface area contributed by atoms with Crippen LogP contribution in [0.15, 0.2) is 29.1 Å². The molecule has 0 aromatic heterocycles. The number of aryl methyl sites for hydroxylation is 1. The van der Waals surface area contributed by atoms with E-state index < -0.39 is 0 Å². The number of hydrogen-bond donors (Lipinski definition) is 3. The third-order valence-electron chi connectivity index (χ3n) is 6.83. The molecule has 2 amide bonds. The Morgan fingerprint density at radius 1 is 1.08 bits per heavy atom. The molecule has 2 atom stereocenters. The molecule has 0 radical (unpaired) electrons. The summed E-state index contributed by atoms with van der Waals surface area (Å²) in [6.07, 6.45) is 3.06. The summed E-state index contributed by atoms with van der Waals surface area (Å²) >= 11 is 0. The van der Waals surface area contributed by atoms with E-state index in [-0.39, 0.29) is 29.3 Å². The zero-order valence-corrected chi connectivity index (χ0v) is 23.2. The van der Waals surface area contributed by atoms with Crippen LogP contribution in [-0.4, -0.2) is 45.7 Å². The number of carbonyl (C=O) groups excluding carboxylic acids is 2. The van der Waals surface area contributed by atoms with Crippen LogP contribution in [0.4, 0.5) is 5.69 Å². The molecule has 0 aliphatic heterocycles. The molecule has 1 aliphatic rings. The first kappa shape index (κ1) is 28.8. The summed E-state index contributed by atoms with van der Waals surface area (Å²) in [4.78, 5) is 37.5. The molecular formula is C29H39N3O6. The Morgan fingerprint density at radius 3 is 2.45 bits per heavy atom. The van der Waals surface area contributed by atoms with E-state index in [2.05, 4.69) is 16.0 Å². The van der Waals surface area contributed by atoms with Gasteiger partial charge in [0.2, 0.25) is 23.0 Å². The zero-order chi connectivity index (χ0) is 27.8. The van der Waals surface area contributed by atoms with Crippen LogP contribution in [0, 0.1) is 0 Å². The van der Waals surface area contributed by atoms with E-state index in [1.54, 1.807) is 33.5 Å². The highest BCUT2D eigenvalue weighted by molar-refractivity contribution is 5.83. The van der Waals surface area contributed by atoms with E-state index in [1.807, 2.05) is 26.0 Å². The first-order valence-corrected chi connectivity index (χ1v) is 13.0. The third-order valence-corrected chi connectivity index (χ3v) is 6.83. The molecule has 2 aromatic rings. The summed E-state index contributed by atoms with van der Waals surface area (Å²) in [6.45, 7) is 5.94. The van der Waals surface area contributed by atoms with Crippen LogP contribution in [0.25, 0.3) is 11.1 Å². The minimum absolute atomic E-state index is 0.0000506. The molecule has 9 heteroatoms. The van der Waals surface area contributed by atoms with Crippen molar-refractivity contribution in [3.8, 4) is 28.4 Å². The third kappa shape index (κ3) is 6.57. The molecule has 3 N–H and O–H groups in total. The number of amides is 2. The Morgan fingerprint density at radius 2 is 1.82 bits per heavy atom. The van der Waals surface area contributed by atoms with Gasteiger partial charge in [0.05, 0.1) is 33.1 Å². The maximum atomic E-state index is 13.3. The first-order valence-electron chi connectivity index (χ1n) is 13.0. The molecule has 0 bridgehead atoms. The van der Waals surface area contributed by atoms with Crippen molar-refractivity contribution >= 4 is 17.5 Å². The highest BCUT2D eigenvalue weighted by Gasteiger charge is 2.29. The molecule has 2 unspecified atom stereocenters. The Hall–Kier alpha value is -3.75. The second-order valence-corrected chi connectivity index (χ2v) is 9.50. The van der Waals surface area contributed by atoms with E-state index in [1.165, 1.54) is 6.92 Å². The van der Waals surface area contributed by atoms with Crippen molar-refractivity contribution in [2.24, 2.45) is 0 Å². The summed E-state index contributed by atoms with van der Waals surface area (Å²) in [6, 6.07) is 6.90. The van der Waals surface area contributed by atoms with Gasteiger partial charge in [0.25, 0.3) is 0 Å². The fraction of sp³-hybridized carbons (Fsp3) is 0.483. The van der Waals surface area contributed by atoms with Crippen LogP contribution in [0.2, 0.25) is 0 Å². The Balaban J connectivity index is 2.03. The molecule has 1 aliphatic carbocycles. The monoisotopic (exact) mass is 525 g/mol. The molecule has 206 valence electrons. The maximum absolute atomic E-state index is 13.3. The number of carbonyl (C=O) groups is 2. The highest BCUT2D eigenvalue weighted by Crippen LogP contribution is 2.50. The van der Waals surface area contributed by atoms with Crippen LogP contribution >= 0.6 is 0 Å². The smallest absolute Gasteiger partial charge is 0.220 e. The first-order chi connectivity index (χ1) is 18.2. The highest BCUT2D eigenvalue weighted by atomic mass is 16.5. The van der Waals surface area contributed by atoms with Crippen molar-refractivity contribution in [3.63, 3.8) is 0 Å². The number of benzene rings is 1. The van der Waals surface area contributed by atoms with E-state index >= 15 is 0 Å². The summed E-state index contributed by atoms with van der Waals surface area (Å²) in [7, 11) is 4.69. The lowest BCUT2D eigenvalue weighted by atomic mass is 9.95. The van der Waals surface area contributed by atoms with Crippen LogP contribution in [0.5, 0.6) is 17.2 Å². The average molecular weight is 526 g/mol. The Bertz CT molecular complexity index is 1230. The van der Waals surface area contributed by atoms with Crippen molar-refractivity contribution in [1.29, 1.82) is 0 Å². The zero-order valence-electron chi connectivity index (χ0n) is 23.2. The summed E-state index contributed by atoms with van der Waals surface area (Å²) in [5.41, 5.74) is 3.46. The molecular weight excluding hydrogens is 486 g/mol. The van der Waals surface area contributed by atoms with Crippen LogP contribution in [0.1, 0.15) is 63.6 Å². The number of anilines is 1. The molecule has 0 heterocycles. The molecule has 0 spiro atoms. The predicted octanol–water partition coefficient (Wildman–Crippen LogP) is 3.97. The van der Waals surface area contributed by atoms with Crippen molar-refractivity contribution in [1.82, 2.24) is 10.6 Å². The van der Waals surface area contributed by atoms with Gasteiger partial charge in [-0.3, -0.25) is 14.4 Å². The molecule has 0 saturated carbocycles. The number of ether oxygens (including phenoxy) is 3. The van der Waals surface area contributed by atoms with Gasteiger partial charge in [-0.05, 0) is 67.5 Å². The van der Waals surface area contributed by atoms with Crippen LogP contribution < -0.4 is 35.6 Å². The van der Waals surface area contributed by atoms with Gasteiger partial charge in [-0.15, -0.1) is 0 Å². The SMILES string of the molecule is CCC(C)NC(=O)CCCNc1ccc2c(cc1=O)C(NC(C)=O)CCc1cc(OC)c(OC)c(OC)c1-2. The van der Waals surface area contributed by atoms with Crippen molar-refractivity contribution in [2.45, 2.75) is 65.0 Å². The van der Waals surface area contributed by atoms with Crippen molar-refractivity contribution < 1.29 is 23.8 Å². The van der Waals surface area contributed by atoms with E-state index in [9.17, 15) is 14.4 Å².